The van der Waals surface area contributed by atoms with Crippen molar-refractivity contribution in [3.63, 3.8) is 0 Å². The summed E-state index contributed by atoms with van der Waals surface area (Å²) in [6.45, 7) is 11.3. The zero-order chi connectivity index (χ0) is 18.5. The molecule has 0 aromatic rings. The van der Waals surface area contributed by atoms with Crippen LogP contribution in [-0.4, -0.2) is 27.2 Å². The van der Waals surface area contributed by atoms with Crippen molar-refractivity contribution in [2.24, 2.45) is 11.8 Å². The molecule has 1 saturated carbocycles. The Labute approximate surface area is 171 Å². The average molecular weight is 381 g/mol. The SMILES string of the molecule is CCCC.CCCC(CCC)CCNC.CNCCC1CCCC1.S.[HH].[HH]. The lowest BCUT2D eigenvalue weighted by atomic mass is 9.95. The molecular formula is C22H56N2S. The van der Waals surface area contributed by atoms with Crippen molar-refractivity contribution < 1.29 is 2.85 Å². The smallest absolute Gasteiger partial charge is 0 e. The number of hydrogen-bond acceptors (Lipinski definition) is 2. The van der Waals surface area contributed by atoms with Gasteiger partial charge in [0.15, 0.2) is 0 Å². The van der Waals surface area contributed by atoms with Gasteiger partial charge in [0.25, 0.3) is 0 Å². The van der Waals surface area contributed by atoms with Crippen LogP contribution >= 0.6 is 13.5 Å². The Morgan fingerprint density at radius 2 is 1.24 bits per heavy atom. The van der Waals surface area contributed by atoms with E-state index < -0.39 is 0 Å². The largest absolute Gasteiger partial charge is 0.320 e. The van der Waals surface area contributed by atoms with Crippen molar-refractivity contribution in [1.82, 2.24) is 10.6 Å². The van der Waals surface area contributed by atoms with Crippen molar-refractivity contribution in [1.29, 1.82) is 0 Å². The minimum atomic E-state index is 0. The Kier molecular flexibility index (Phi) is 31.8. The molecule has 0 bridgehead atoms. The van der Waals surface area contributed by atoms with Crippen LogP contribution in [0.25, 0.3) is 0 Å². The summed E-state index contributed by atoms with van der Waals surface area (Å²) >= 11 is 0. The van der Waals surface area contributed by atoms with Crippen LogP contribution < -0.4 is 10.6 Å². The van der Waals surface area contributed by atoms with Gasteiger partial charge in [0, 0.05) is 2.85 Å². The van der Waals surface area contributed by atoms with Gasteiger partial charge in [-0.25, -0.2) is 0 Å². The lowest BCUT2D eigenvalue weighted by Crippen LogP contribution is -2.13. The summed E-state index contributed by atoms with van der Waals surface area (Å²) in [4.78, 5) is 0. The van der Waals surface area contributed by atoms with Crippen molar-refractivity contribution in [3.05, 3.63) is 0 Å². The topological polar surface area (TPSA) is 24.1 Å². The molecule has 0 radical (unpaired) electrons. The molecule has 0 heterocycles. The quantitative estimate of drug-likeness (QED) is 0.403. The van der Waals surface area contributed by atoms with Crippen LogP contribution in [0.1, 0.15) is 108 Å². The third-order valence-corrected chi connectivity index (χ3v) is 4.97. The van der Waals surface area contributed by atoms with Crippen LogP contribution in [0, 0.1) is 11.8 Å². The maximum atomic E-state index is 3.21. The molecular weight excluding hydrogens is 324 g/mol. The van der Waals surface area contributed by atoms with Crippen LogP contribution in [-0.2, 0) is 0 Å². The van der Waals surface area contributed by atoms with E-state index in [1.165, 1.54) is 90.1 Å². The second kappa shape index (κ2) is 26.5. The summed E-state index contributed by atoms with van der Waals surface area (Å²) < 4.78 is 0. The van der Waals surface area contributed by atoms with Gasteiger partial charge in [0.05, 0.1) is 0 Å². The molecule has 0 amide bonds. The van der Waals surface area contributed by atoms with Gasteiger partial charge < -0.3 is 10.6 Å². The number of rotatable bonds is 11. The van der Waals surface area contributed by atoms with Gasteiger partial charge in [-0.05, 0) is 51.9 Å². The van der Waals surface area contributed by atoms with E-state index in [0.717, 1.165) is 11.8 Å². The minimum Gasteiger partial charge on any atom is -0.320 e. The van der Waals surface area contributed by atoms with Crippen LogP contribution in [0.5, 0.6) is 0 Å². The van der Waals surface area contributed by atoms with E-state index in [1.807, 2.05) is 14.1 Å². The van der Waals surface area contributed by atoms with Crippen molar-refractivity contribution in [2.45, 2.75) is 105 Å². The van der Waals surface area contributed by atoms with Crippen LogP contribution in [0.4, 0.5) is 0 Å². The molecule has 0 aromatic heterocycles. The van der Waals surface area contributed by atoms with Gasteiger partial charge >= 0.3 is 0 Å². The molecule has 0 unspecified atom stereocenters. The minimum absolute atomic E-state index is 0. The molecule has 1 fully saturated rings. The Morgan fingerprint density at radius 3 is 1.60 bits per heavy atom. The van der Waals surface area contributed by atoms with E-state index in [-0.39, 0.29) is 16.3 Å². The third kappa shape index (κ3) is 24.3. The van der Waals surface area contributed by atoms with Gasteiger partial charge in [-0.2, -0.15) is 13.5 Å². The summed E-state index contributed by atoms with van der Waals surface area (Å²) in [7, 11) is 4.07. The number of unbranched alkanes of at least 4 members (excludes halogenated alkanes) is 1. The summed E-state index contributed by atoms with van der Waals surface area (Å²) in [6.07, 6.45) is 16.8. The fourth-order valence-corrected chi connectivity index (χ4v) is 3.25. The molecule has 0 spiro atoms. The van der Waals surface area contributed by atoms with Crippen LogP contribution in [0.3, 0.4) is 0 Å². The molecule has 1 aliphatic rings. The van der Waals surface area contributed by atoms with Crippen LogP contribution in [0.2, 0.25) is 0 Å². The molecule has 160 valence electrons. The molecule has 3 heteroatoms. The van der Waals surface area contributed by atoms with E-state index in [2.05, 4.69) is 38.3 Å². The van der Waals surface area contributed by atoms with Gasteiger partial charge in [-0.3, -0.25) is 0 Å². The van der Waals surface area contributed by atoms with E-state index in [1.54, 1.807) is 0 Å². The molecule has 25 heavy (non-hydrogen) atoms. The summed E-state index contributed by atoms with van der Waals surface area (Å²) in [5, 5.41) is 6.41. The highest BCUT2D eigenvalue weighted by atomic mass is 32.1. The zero-order valence-electron chi connectivity index (χ0n) is 18.6. The molecule has 0 atom stereocenters. The number of nitrogens with one attached hydrogen (secondary N) is 2. The average Bonchev–Trinajstić information content (AvgIpc) is 3.12. The third-order valence-electron chi connectivity index (χ3n) is 4.97. The predicted molar refractivity (Wildman–Crippen MR) is 128 cm³/mol. The highest BCUT2D eigenvalue weighted by Gasteiger charge is 2.13. The van der Waals surface area contributed by atoms with Crippen molar-refractivity contribution in [2.75, 3.05) is 27.2 Å². The first-order chi connectivity index (χ1) is 11.7. The molecule has 0 saturated heterocycles. The second-order valence-electron chi connectivity index (χ2n) is 7.38. The monoisotopic (exact) mass is 380 g/mol. The van der Waals surface area contributed by atoms with Crippen molar-refractivity contribution >= 4 is 13.5 Å². The normalized spacial score (nSPS) is 13.6. The second-order valence-corrected chi connectivity index (χ2v) is 7.38. The van der Waals surface area contributed by atoms with Gasteiger partial charge in [0.1, 0.15) is 0 Å². The van der Waals surface area contributed by atoms with Gasteiger partial charge in [-0.1, -0.05) is 91.9 Å². The number of hydrogen-bond donors (Lipinski definition) is 2. The summed E-state index contributed by atoms with van der Waals surface area (Å²) in [5.74, 6) is 2.02. The van der Waals surface area contributed by atoms with Gasteiger partial charge in [0.2, 0.25) is 0 Å². The van der Waals surface area contributed by atoms with E-state index in [9.17, 15) is 0 Å². The van der Waals surface area contributed by atoms with E-state index in [4.69, 9.17) is 0 Å². The Morgan fingerprint density at radius 1 is 0.760 bits per heavy atom. The lowest BCUT2D eigenvalue weighted by Gasteiger charge is -2.14. The van der Waals surface area contributed by atoms with Gasteiger partial charge in [-0.15, -0.1) is 0 Å². The molecule has 0 aliphatic heterocycles. The lowest BCUT2D eigenvalue weighted by molar-refractivity contribution is 0.406. The molecule has 1 aliphatic carbocycles. The zero-order valence-corrected chi connectivity index (χ0v) is 19.6. The first-order valence-corrected chi connectivity index (χ1v) is 11.0. The molecule has 2 N–H and O–H groups in total. The Bertz CT molecular complexity index is 208. The highest BCUT2D eigenvalue weighted by Crippen LogP contribution is 2.26. The highest BCUT2D eigenvalue weighted by molar-refractivity contribution is 7.59. The molecule has 2 nitrogen and oxygen atoms in total. The Balaban J connectivity index is -0.0000000921. The predicted octanol–water partition coefficient (Wildman–Crippen LogP) is 7.01. The van der Waals surface area contributed by atoms with E-state index in [0.29, 0.717) is 0 Å². The van der Waals surface area contributed by atoms with E-state index >= 15 is 0 Å². The fourth-order valence-electron chi connectivity index (χ4n) is 3.25. The van der Waals surface area contributed by atoms with Crippen molar-refractivity contribution in [3.8, 4) is 0 Å². The maximum absolute atomic E-state index is 3.21. The standard InChI is InChI=1S/C10H23N.C8H17N.C4H10.H2S.2H2/c1-4-6-10(7-5-2)8-9-11-3;1-9-7-6-8-4-2-3-5-8;1-3-4-2;;;/h10-11H,4-9H2,1-3H3;8-9H,2-7H2,1H3;3-4H2,1-2H3;1H2;2*1H. The fraction of sp³-hybridized carbons (Fsp3) is 1.00. The summed E-state index contributed by atoms with van der Waals surface area (Å²) in [6, 6.07) is 0. The first kappa shape index (κ1) is 30.0. The first-order valence-electron chi connectivity index (χ1n) is 11.0. The summed E-state index contributed by atoms with van der Waals surface area (Å²) in [5.41, 5.74) is 0. The Hall–Kier alpha value is 0.270. The molecule has 1 rings (SSSR count). The maximum Gasteiger partial charge on any atom is 0 e. The van der Waals surface area contributed by atoms with Crippen LogP contribution in [0.15, 0.2) is 0 Å². The molecule has 0 aromatic carbocycles.